The Bertz CT molecular complexity index is 663. The van der Waals surface area contributed by atoms with Crippen molar-refractivity contribution in [3.05, 3.63) is 29.0 Å². The Balaban J connectivity index is 1.75. The quantitative estimate of drug-likeness (QED) is 0.933. The van der Waals surface area contributed by atoms with E-state index >= 15 is 0 Å². The Morgan fingerprint density at radius 3 is 3.09 bits per heavy atom. The molecule has 2 aromatic heterocycles. The van der Waals surface area contributed by atoms with Gasteiger partial charge >= 0.3 is 0 Å². The first-order chi connectivity index (χ1) is 11.1. The zero-order valence-corrected chi connectivity index (χ0v) is 14.3. The molecule has 0 aliphatic carbocycles. The number of carbonyl (C=O) groups excluding carboxylic acids is 1. The molecule has 3 rings (SSSR count). The molecule has 1 saturated heterocycles. The van der Waals surface area contributed by atoms with Crippen LogP contribution in [0.3, 0.4) is 0 Å². The summed E-state index contributed by atoms with van der Waals surface area (Å²) in [5.41, 5.74) is 0.688. The Hall–Kier alpha value is -1.66. The number of aliphatic hydroxyl groups is 1. The van der Waals surface area contributed by atoms with E-state index < -0.39 is 6.10 Å². The number of hydrogen-bond acceptors (Lipinski definition) is 5. The summed E-state index contributed by atoms with van der Waals surface area (Å²) in [4.78, 5) is 19.9. The molecule has 5 nitrogen and oxygen atoms in total. The highest BCUT2D eigenvalue weighted by Gasteiger charge is 2.30. The second-order valence-corrected chi connectivity index (χ2v) is 7.01. The first-order valence-electron chi connectivity index (χ1n) is 8.04. The van der Waals surface area contributed by atoms with Crippen molar-refractivity contribution in [2.24, 2.45) is 0 Å². The van der Waals surface area contributed by atoms with Gasteiger partial charge in [-0.05, 0) is 44.6 Å². The second-order valence-electron chi connectivity index (χ2n) is 6.07. The Kier molecular flexibility index (Phi) is 4.82. The van der Waals surface area contributed by atoms with Crippen molar-refractivity contribution in [2.75, 3.05) is 6.54 Å². The lowest BCUT2D eigenvalue weighted by molar-refractivity contribution is -0.137. The van der Waals surface area contributed by atoms with Crippen molar-refractivity contribution in [3.63, 3.8) is 0 Å². The molecule has 1 N–H and O–H groups in total. The first kappa shape index (κ1) is 16.2. The molecule has 0 bridgehead atoms. The van der Waals surface area contributed by atoms with Crippen molar-refractivity contribution in [1.82, 2.24) is 9.88 Å². The van der Waals surface area contributed by atoms with E-state index in [1.165, 1.54) is 0 Å². The van der Waals surface area contributed by atoms with Gasteiger partial charge in [0.15, 0.2) is 0 Å². The summed E-state index contributed by atoms with van der Waals surface area (Å²) < 4.78 is 5.70. The van der Waals surface area contributed by atoms with Crippen LogP contribution in [0.1, 0.15) is 37.6 Å². The van der Waals surface area contributed by atoms with E-state index in [4.69, 9.17) is 4.42 Å². The van der Waals surface area contributed by atoms with Crippen LogP contribution in [-0.4, -0.2) is 39.6 Å². The van der Waals surface area contributed by atoms with Crippen molar-refractivity contribution >= 4 is 17.2 Å². The minimum Gasteiger partial charge on any atom is -0.440 e. The third-order valence-corrected chi connectivity index (χ3v) is 5.23. The molecule has 2 unspecified atom stereocenters. The lowest BCUT2D eigenvalue weighted by atomic mass is 9.97. The number of hydrogen-bond donors (Lipinski definition) is 1. The average molecular weight is 334 g/mol. The molecule has 1 aliphatic rings. The van der Waals surface area contributed by atoms with Crippen molar-refractivity contribution < 1.29 is 14.3 Å². The van der Waals surface area contributed by atoms with E-state index in [0.29, 0.717) is 23.9 Å². The van der Waals surface area contributed by atoms with E-state index in [9.17, 15) is 9.90 Å². The lowest BCUT2D eigenvalue weighted by Crippen LogP contribution is -2.49. The fourth-order valence-corrected chi connectivity index (χ4v) is 3.76. The summed E-state index contributed by atoms with van der Waals surface area (Å²) in [6.07, 6.45) is 2.64. The number of carbonyl (C=O) groups is 1. The third-order valence-electron chi connectivity index (χ3n) is 4.37. The van der Waals surface area contributed by atoms with Crippen molar-refractivity contribution in [3.8, 4) is 10.8 Å². The van der Waals surface area contributed by atoms with Crippen LogP contribution in [0.25, 0.3) is 10.8 Å². The van der Waals surface area contributed by atoms with Gasteiger partial charge in [-0.25, -0.2) is 4.98 Å². The summed E-state index contributed by atoms with van der Waals surface area (Å²) in [6.45, 7) is 4.31. The zero-order chi connectivity index (χ0) is 16.4. The highest BCUT2D eigenvalue weighted by atomic mass is 32.1. The average Bonchev–Trinajstić information content (AvgIpc) is 3.17. The van der Waals surface area contributed by atoms with Crippen LogP contribution in [0.4, 0.5) is 0 Å². The predicted molar refractivity (Wildman–Crippen MR) is 89.3 cm³/mol. The largest absolute Gasteiger partial charge is 0.440 e. The van der Waals surface area contributed by atoms with Crippen molar-refractivity contribution in [1.29, 1.82) is 0 Å². The second kappa shape index (κ2) is 6.84. The third kappa shape index (κ3) is 3.48. The molecule has 1 fully saturated rings. The molecule has 2 atom stereocenters. The summed E-state index contributed by atoms with van der Waals surface area (Å²) >= 11 is 1.56. The number of aryl methyl sites for hydroxylation is 1. The van der Waals surface area contributed by atoms with Gasteiger partial charge in [-0.2, -0.15) is 0 Å². The highest BCUT2D eigenvalue weighted by Crippen LogP contribution is 2.27. The molecule has 0 saturated carbocycles. The summed E-state index contributed by atoms with van der Waals surface area (Å²) in [5.74, 6) is 1.28. The SMILES string of the molecule is Cc1oc(-c2cccs2)nc1CC(=O)N1CCCCC1C(C)O. The molecule has 0 spiro atoms. The van der Waals surface area contributed by atoms with Crippen LogP contribution in [0.15, 0.2) is 21.9 Å². The fourth-order valence-electron chi connectivity index (χ4n) is 3.11. The van der Waals surface area contributed by atoms with Crippen LogP contribution < -0.4 is 0 Å². The number of aliphatic hydroxyl groups excluding tert-OH is 1. The van der Waals surface area contributed by atoms with Crippen LogP contribution in [0.5, 0.6) is 0 Å². The lowest BCUT2D eigenvalue weighted by Gasteiger charge is -2.37. The van der Waals surface area contributed by atoms with Gasteiger partial charge in [-0.1, -0.05) is 6.07 Å². The number of aromatic nitrogens is 1. The van der Waals surface area contributed by atoms with Crippen LogP contribution in [0.2, 0.25) is 0 Å². The topological polar surface area (TPSA) is 66.6 Å². The smallest absolute Gasteiger partial charge is 0.236 e. The molecule has 0 aromatic carbocycles. The molecule has 6 heteroatoms. The number of rotatable bonds is 4. The van der Waals surface area contributed by atoms with Crippen molar-refractivity contribution in [2.45, 2.75) is 51.7 Å². The maximum absolute atomic E-state index is 12.7. The van der Waals surface area contributed by atoms with Gasteiger partial charge in [0.2, 0.25) is 11.8 Å². The fraction of sp³-hybridized carbons (Fsp3) is 0.529. The molecule has 2 aromatic rings. The minimum atomic E-state index is -0.501. The standard InChI is InChI=1S/C17H22N2O3S/c1-11(20)14-6-3-4-8-19(14)16(21)10-13-12(2)22-17(18-13)15-7-5-9-23-15/h5,7,9,11,14,20H,3-4,6,8,10H2,1-2H3. The Labute approximate surface area is 140 Å². The van der Waals surface area contributed by atoms with Crippen LogP contribution in [0, 0.1) is 6.92 Å². The molecule has 23 heavy (non-hydrogen) atoms. The monoisotopic (exact) mass is 334 g/mol. The van der Waals surface area contributed by atoms with E-state index in [2.05, 4.69) is 4.98 Å². The number of nitrogens with zero attached hydrogens (tertiary/aromatic N) is 2. The number of thiophene rings is 1. The van der Waals surface area contributed by atoms with E-state index in [1.54, 1.807) is 18.3 Å². The molecule has 1 amide bonds. The number of piperidine rings is 1. The predicted octanol–water partition coefficient (Wildman–Crippen LogP) is 3.02. The molecular formula is C17H22N2O3S. The maximum atomic E-state index is 12.7. The number of amides is 1. The molecule has 3 heterocycles. The summed E-state index contributed by atoms with van der Waals surface area (Å²) in [7, 11) is 0. The normalized spacial score (nSPS) is 19.8. The van der Waals surface area contributed by atoms with Gasteiger partial charge in [0.05, 0.1) is 29.1 Å². The van der Waals surface area contributed by atoms with Gasteiger partial charge < -0.3 is 14.4 Å². The number of likely N-dealkylation sites (tertiary alicyclic amines) is 1. The van der Waals surface area contributed by atoms with Gasteiger partial charge in [0, 0.05) is 6.54 Å². The number of oxazole rings is 1. The summed E-state index contributed by atoms with van der Waals surface area (Å²) in [5, 5.41) is 11.9. The molecule has 124 valence electrons. The molecule has 0 radical (unpaired) electrons. The molecular weight excluding hydrogens is 312 g/mol. The maximum Gasteiger partial charge on any atom is 0.236 e. The minimum absolute atomic E-state index is 0.0183. The Morgan fingerprint density at radius 2 is 2.39 bits per heavy atom. The van der Waals surface area contributed by atoms with Gasteiger partial charge in [-0.3, -0.25) is 4.79 Å². The van der Waals surface area contributed by atoms with Gasteiger partial charge in [0.25, 0.3) is 0 Å². The Morgan fingerprint density at radius 1 is 1.57 bits per heavy atom. The van der Waals surface area contributed by atoms with E-state index in [0.717, 1.165) is 24.1 Å². The van der Waals surface area contributed by atoms with Gasteiger partial charge in [0.1, 0.15) is 5.76 Å². The molecule has 1 aliphatic heterocycles. The van der Waals surface area contributed by atoms with Gasteiger partial charge in [-0.15, -0.1) is 11.3 Å². The van der Waals surface area contributed by atoms with Crippen LogP contribution >= 0.6 is 11.3 Å². The first-order valence-corrected chi connectivity index (χ1v) is 8.92. The van der Waals surface area contributed by atoms with E-state index in [-0.39, 0.29) is 18.4 Å². The highest BCUT2D eigenvalue weighted by molar-refractivity contribution is 7.13. The summed E-state index contributed by atoms with van der Waals surface area (Å²) in [6, 6.07) is 3.82. The van der Waals surface area contributed by atoms with E-state index in [1.807, 2.05) is 29.3 Å². The van der Waals surface area contributed by atoms with Crippen LogP contribution in [-0.2, 0) is 11.2 Å². The zero-order valence-electron chi connectivity index (χ0n) is 13.5.